The van der Waals surface area contributed by atoms with Crippen molar-refractivity contribution < 1.29 is 33.3 Å². The molecule has 8 nitrogen and oxygen atoms in total. The van der Waals surface area contributed by atoms with Gasteiger partial charge in [0.25, 0.3) is 11.8 Å². The molecule has 2 aromatic carbocycles. The van der Waals surface area contributed by atoms with E-state index in [0.717, 1.165) is 4.90 Å². The second-order valence-corrected chi connectivity index (χ2v) is 6.25. The van der Waals surface area contributed by atoms with Gasteiger partial charge in [0.15, 0.2) is 11.5 Å². The van der Waals surface area contributed by atoms with E-state index in [1.807, 2.05) is 0 Å². The van der Waals surface area contributed by atoms with Crippen LogP contribution in [0.4, 0.5) is 0 Å². The van der Waals surface area contributed by atoms with Crippen LogP contribution in [0.1, 0.15) is 32.7 Å². The third-order valence-corrected chi connectivity index (χ3v) is 4.54. The van der Waals surface area contributed by atoms with E-state index in [-0.39, 0.29) is 19.6 Å². The van der Waals surface area contributed by atoms with Crippen LogP contribution in [0.5, 0.6) is 17.2 Å². The van der Waals surface area contributed by atoms with Crippen LogP contribution in [0.15, 0.2) is 36.4 Å². The summed E-state index contributed by atoms with van der Waals surface area (Å²) in [5, 5.41) is 0. The highest BCUT2D eigenvalue weighted by atomic mass is 16.5. The summed E-state index contributed by atoms with van der Waals surface area (Å²) in [6.07, 6.45) is -0.101. The second kappa shape index (κ2) is 8.64. The van der Waals surface area contributed by atoms with Gasteiger partial charge >= 0.3 is 5.97 Å². The van der Waals surface area contributed by atoms with Gasteiger partial charge in [-0.1, -0.05) is 12.1 Å². The summed E-state index contributed by atoms with van der Waals surface area (Å²) in [5.41, 5.74) is 1.35. The summed E-state index contributed by atoms with van der Waals surface area (Å²) in [4.78, 5) is 37.8. The lowest BCUT2D eigenvalue weighted by Crippen LogP contribution is -2.32. The molecule has 1 aliphatic heterocycles. The molecule has 0 saturated carbocycles. The number of amides is 2. The van der Waals surface area contributed by atoms with Crippen LogP contribution in [-0.4, -0.2) is 50.6 Å². The second-order valence-electron chi connectivity index (χ2n) is 6.25. The van der Waals surface area contributed by atoms with Gasteiger partial charge in [0.2, 0.25) is 5.75 Å². The summed E-state index contributed by atoms with van der Waals surface area (Å²) < 4.78 is 21.1. The predicted molar refractivity (Wildman–Crippen MR) is 102 cm³/mol. The van der Waals surface area contributed by atoms with E-state index in [4.69, 9.17) is 18.9 Å². The van der Waals surface area contributed by atoms with Gasteiger partial charge in [-0.05, 0) is 29.8 Å². The number of esters is 1. The molecule has 8 heteroatoms. The minimum absolute atomic E-state index is 0.0162. The molecule has 29 heavy (non-hydrogen) atoms. The lowest BCUT2D eigenvalue weighted by molar-refractivity contribution is -0.145. The third-order valence-electron chi connectivity index (χ3n) is 4.54. The summed E-state index contributed by atoms with van der Waals surface area (Å²) in [6.45, 7) is -0.0574. The molecular weight excluding hydrogens is 378 g/mol. The number of methoxy groups -OCH3 is 3. The lowest BCUT2D eigenvalue weighted by atomic mass is 10.1. The Morgan fingerprint density at radius 3 is 1.93 bits per heavy atom. The van der Waals surface area contributed by atoms with Crippen molar-refractivity contribution in [2.45, 2.75) is 13.0 Å². The van der Waals surface area contributed by atoms with Crippen molar-refractivity contribution in [1.82, 2.24) is 4.90 Å². The first-order valence-corrected chi connectivity index (χ1v) is 8.89. The molecule has 0 N–H and O–H groups in total. The number of benzene rings is 2. The molecule has 2 amide bonds. The Kier molecular flexibility index (Phi) is 6.01. The molecule has 0 spiro atoms. The Hall–Kier alpha value is -3.55. The minimum atomic E-state index is -0.532. The number of carbonyl (C=O) groups is 3. The molecule has 0 atom stereocenters. The third kappa shape index (κ3) is 4.01. The Balaban J connectivity index is 1.59. The molecule has 0 saturated heterocycles. The highest BCUT2D eigenvalue weighted by Crippen LogP contribution is 2.38. The largest absolute Gasteiger partial charge is 0.493 e. The fourth-order valence-electron chi connectivity index (χ4n) is 3.10. The van der Waals surface area contributed by atoms with Crippen LogP contribution < -0.4 is 14.2 Å². The molecule has 0 radical (unpaired) electrons. The maximum absolute atomic E-state index is 12.3. The quantitative estimate of drug-likeness (QED) is 0.497. The highest BCUT2D eigenvalue weighted by Gasteiger charge is 2.35. The average Bonchev–Trinajstić information content (AvgIpc) is 2.99. The smallest absolute Gasteiger partial charge is 0.307 e. The molecule has 0 unspecified atom stereocenters. The van der Waals surface area contributed by atoms with Crippen LogP contribution >= 0.6 is 0 Å². The molecule has 0 aliphatic carbocycles. The number of rotatable bonds is 8. The minimum Gasteiger partial charge on any atom is -0.493 e. The van der Waals surface area contributed by atoms with Gasteiger partial charge in [0.1, 0.15) is 6.61 Å². The van der Waals surface area contributed by atoms with Crippen LogP contribution in [0.2, 0.25) is 0 Å². The Bertz CT molecular complexity index is 894. The Morgan fingerprint density at radius 2 is 1.45 bits per heavy atom. The van der Waals surface area contributed by atoms with Gasteiger partial charge in [-0.2, -0.15) is 0 Å². The fourth-order valence-corrected chi connectivity index (χ4v) is 3.10. The molecule has 0 bridgehead atoms. The molecule has 3 rings (SSSR count). The number of carbonyl (C=O) groups excluding carboxylic acids is 3. The number of ether oxygens (including phenoxy) is 4. The Morgan fingerprint density at radius 1 is 0.897 bits per heavy atom. The zero-order valence-electron chi connectivity index (χ0n) is 16.4. The van der Waals surface area contributed by atoms with E-state index in [2.05, 4.69) is 0 Å². The fraction of sp³-hybridized carbons (Fsp3) is 0.286. The van der Waals surface area contributed by atoms with Gasteiger partial charge in [-0.25, -0.2) is 0 Å². The molecule has 1 aliphatic rings. The predicted octanol–water partition coefficient (Wildman–Crippen LogP) is 2.44. The van der Waals surface area contributed by atoms with E-state index >= 15 is 0 Å². The summed E-state index contributed by atoms with van der Waals surface area (Å²) in [5.74, 6) is 0.00455. The van der Waals surface area contributed by atoms with E-state index in [0.29, 0.717) is 33.9 Å². The van der Waals surface area contributed by atoms with E-state index in [1.165, 1.54) is 21.3 Å². The monoisotopic (exact) mass is 399 g/mol. The molecule has 2 aromatic rings. The number of imide groups is 1. The number of hydrogen-bond acceptors (Lipinski definition) is 7. The number of nitrogens with zero attached hydrogens (tertiary/aromatic N) is 1. The molecule has 0 aromatic heterocycles. The van der Waals surface area contributed by atoms with E-state index in [9.17, 15) is 14.4 Å². The van der Waals surface area contributed by atoms with Crippen molar-refractivity contribution in [3.05, 3.63) is 53.1 Å². The first kappa shape index (κ1) is 20.2. The lowest BCUT2D eigenvalue weighted by Gasteiger charge is -2.15. The van der Waals surface area contributed by atoms with Crippen LogP contribution in [0.25, 0.3) is 0 Å². The van der Waals surface area contributed by atoms with Gasteiger partial charge in [-0.3, -0.25) is 19.3 Å². The average molecular weight is 399 g/mol. The van der Waals surface area contributed by atoms with Crippen molar-refractivity contribution in [3.8, 4) is 17.2 Å². The Labute approximate surface area is 167 Å². The first-order valence-electron chi connectivity index (χ1n) is 8.89. The van der Waals surface area contributed by atoms with Gasteiger partial charge in [-0.15, -0.1) is 0 Å². The zero-order valence-corrected chi connectivity index (χ0v) is 16.4. The number of hydrogen-bond donors (Lipinski definition) is 0. The number of fused-ring (bicyclic) bond motifs is 1. The summed E-state index contributed by atoms with van der Waals surface area (Å²) in [7, 11) is 4.49. The standard InChI is InChI=1S/C21H21NO7/c1-26-16-10-13(11-17(27-2)19(16)28-3)12-29-18(23)8-9-22-20(24)14-6-4-5-7-15(14)21(22)25/h4-7,10-11H,8-9,12H2,1-3H3. The molecule has 1 heterocycles. The van der Waals surface area contributed by atoms with Crippen LogP contribution in [0, 0.1) is 0 Å². The summed E-state index contributed by atoms with van der Waals surface area (Å²) >= 11 is 0. The van der Waals surface area contributed by atoms with E-state index < -0.39 is 17.8 Å². The highest BCUT2D eigenvalue weighted by molar-refractivity contribution is 6.21. The first-order chi connectivity index (χ1) is 14.0. The van der Waals surface area contributed by atoms with Crippen molar-refractivity contribution in [2.24, 2.45) is 0 Å². The topological polar surface area (TPSA) is 91.4 Å². The van der Waals surface area contributed by atoms with Gasteiger partial charge in [0, 0.05) is 6.54 Å². The molecule has 0 fully saturated rings. The van der Waals surface area contributed by atoms with Crippen molar-refractivity contribution in [1.29, 1.82) is 0 Å². The van der Waals surface area contributed by atoms with Crippen LogP contribution in [-0.2, 0) is 16.1 Å². The summed E-state index contributed by atoms with van der Waals surface area (Å²) in [6, 6.07) is 9.94. The zero-order chi connectivity index (χ0) is 21.0. The van der Waals surface area contributed by atoms with E-state index in [1.54, 1.807) is 36.4 Å². The van der Waals surface area contributed by atoms with Crippen molar-refractivity contribution in [2.75, 3.05) is 27.9 Å². The maximum Gasteiger partial charge on any atom is 0.307 e. The van der Waals surface area contributed by atoms with Crippen LogP contribution in [0.3, 0.4) is 0 Å². The van der Waals surface area contributed by atoms with Crippen molar-refractivity contribution >= 4 is 17.8 Å². The van der Waals surface area contributed by atoms with Gasteiger partial charge in [0.05, 0.1) is 38.9 Å². The maximum atomic E-state index is 12.3. The SMILES string of the molecule is COc1cc(COC(=O)CCN2C(=O)c3ccccc3C2=O)cc(OC)c1OC. The van der Waals surface area contributed by atoms with Crippen molar-refractivity contribution in [3.63, 3.8) is 0 Å². The molecular formula is C21H21NO7. The molecule has 152 valence electrons. The van der Waals surface area contributed by atoms with Gasteiger partial charge < -0.3 is 18.9 Å². The normalized spacial score (nSPS) is 12.6.